The topological polar surface area (TPSA) is 69.0 Å². The van der Waals surface area contributed by atoms with Crippen LogP contribution in [0.2, 0.25) is 0 Å². The summed E-state index contributed by atoms with van der Waals surface area (Å²) in [7, 11) is 0. The van der Waals surface area contributed by atoms with Gasteiger partial charge in [0.05, 0.1) is 6.10 Å². The summed E-state index contributed by atoms with van der Waals surface area (Å²) in [6.45, 7) is 4.17. The van der Waals surface area contributed by atoms with Gasteiger partial charge < -0.3 is 10.1 Å². The summed E-state index contributed by atoms with van der Waals surface area (Å²) in [5.41, 5.74) is 0.946. The minimum absolute atomic E-state index is 0.0808. The number of imidazole rings is 1. The molecule has 6 heteroatoms. The van der Waals surface area contributed by atoms with Gasteiger partial charge in [0.15, 0.2) is 0 Å². The average molecular weight is 342 g/mol. The quantitative estimate of drug-likeness (QED) is 0.876. The predicted octanol–water partition coefficient (Wildman–Crippen LogP) is 2.93. The molecule has 1 amide bonds. The summed E-state index contributed by atoms with van der Waals surface area (Å²) in [6.07, 6.45) is 10.9. The molecule has 0 spiro atoms. The number of aryl methyl sites for hydroxylation is 1. The number of carbonyl (C=O) groups is 1. The van der Waals surface area contributed by atoms with Crippen LogP contribution in [0.1, 0.15) is 50.4 Å². The van der Waals surface area contributed by atoms with Gasteiger partial charge in [-0.2, -0.15) is 0 Å². The molecule has 0 aromatic carbocycles. The SMILES string of the molecule is Cc1nccn1-c1ncccc1CNC(=O)C(C)OC1CCCCC1. The summed E-state index contributed by atoms with van der Waals surface area (Å²) in [4.78, 5) is 21.1. The van der Waals surface area contributed by atoms with Gasteiger partial charge in [0.2, 0.25) is 5.91 Å². The van der Waals surface area contributed by atoms with E-state index in [9.17, 15) is 4.79 Å². The zero-order chi connectivity index (χ0) is 17.6. The van der Waals surface area contributed by atoms with Crippen LogP contribution in [-0.2, 0) is 16.1 Å². The molecule has 25 heavy (non-hydrogen) atoms. The number of hydrogen-bond acceptors (Lipinski definition) is 4. The van der Waals surface area contributed by atoms with E-state index in [4.69, 9.17) is 4.74 Å². The van der Waals surface area contributed by atoms with Crippen molar-refractivity contribution in [2.45, 2.75) is 64.7 Å². The molecule has 1 fully saturated rings. The molecule has 2 aromatic rings. The number of carbonyl (C=O) groups excluding carboxylic acids is 1. The summed E-state index contributed by atoms with van der Waals surface area (Å²) >= 11 is 0. The van der Waals surface area contributed by atoms with Crippen LogP contribution in [0.15, 0.2) is 30.7 Å². The van der Waals surface area contributed by atoms with Crippen LogP contribution in [0.3, 0.4) is 0 Å². The summed E-state index contributed by atoms with van der Waals surface area (Å²) < 4.78 is 7.84. The number of ether oxygens (including phenoxy) is 1. The lowest BCUT2D eigenvalue weighted by Crippen LogP contribution is -2.37. The highest BCUT2D eigenvalue weighted by Gasteiger charge is 2.21. The summed E-state index contributed by atoms with van der Waals surface area (Å²) in [5, 5.41) is 2.97. The molecule has 3 rings (SSSR count). The summed E-state index contributed by atoms with van der Waals surface area (Å²) in [5.74, 6) is 1.57. The maximum absolute atomic E-state index is 12.4. The van der Waals surface area contributed by atoms with Crippen LogP contribution >= 0.6 is 0 Å². The second-order valence-corrected chi connectivity index (χ2v) is 6.59. The molecule has 0 saturated heterocycles. The van der Waals surface area contributed by atoms with Crippen molar-refractivity contribution in [1.29, 1.82) is 0 Å². The van der Waals surface area contributed by atoms with Gasteiger partial charge in [-0.3, -0.25) is 9.36 Å². The monoisotopic (exact) mass is 342 g/mol. The number of aromatic nitrogens is 3. The third-order valence-electron chi connectivity index (χ3n) is 4.69. The van der Waals surface area contributed by atoms with Crippen molar-refractivity contribution in [3.05, 3.63) is 42.1 Å². The highest BCUT2D eigenvalue weighted by molar-refractivity contribution is 5.80. The number of nitrogens with zero attached hydrogens (tertiary/aromatic N) is 3. The Hall–Kier alpha value is -2.21. The lowest BCUT2D eigenvalue weighted by molar-refractivity contribution is -0.136. The number of pyridine rings is 1. The normalized spacial score (nSPS) is 16.6. The molecule has 0 radical (unpaired) electrons. The van der Waals surface area contributed by atoms with E-state index in [0.717, 1.165) is 30.0 Å². The van der Waals surface area contributed by atoms with Crippen molar-refractivity contribution >= 4 is 5.91 Å². The largest absolute Gasteiger partial charge is 0.365 e. The molecular weight excluding hydrogens is 316 g/mol. The van der Waals surface area contributed by atoms with Crippen molar-refractivity contribution in [2.75, 3.05) is 0 Å². The van der Waals surface area contributed by atoms with Crippen LogP contribution in [0, 0.1) is 6.92 Å². The molecule has 1 saturated carbocycles. The number of nitrogens with one attached hydrogen (secondary N) is 1. The highest BCUT2D eigenvalue weighted by atomic mass is 16.5. The lowest BCUT2D eigenvalue weighted by atomic mass is 9.97. The van der Waals surface area contributed by atoms with Gasteiger partial charge in [0.1, 0.15) is 17.7 Å². The van der Waals surface area contributed by atoms with Crippen molar-refractivity contribution in [2.24, 2.45) is 0 Å². The Morgan fingerprint density at radius 3 is 2.84 bits per heavy atom. The molecule has 2 heterocycles. The first-order valence-corrected chi connectivity index (χ1v) is 9.02. The fourth-order valence-electron chi connectivity index (χ4n) is 3.26. The molecule has 1 atom stereocenters. The molecule has 2 aromatic heterocycles. The zero-order valence-corrected chi connectivity index (χ0v) is 14.9. The molecule has 134 valence electrons. The first-order chi connectivity index (χ1) is 12.1. The average Bonchev–Trinajstić information content (AvgIpc) is 3.06. The van der Waals surface area contributed by atoms with Crippen molar-refractivity contribution < 1.29 is 9.53 Å². The smallest absolute Gasteiger partial charge is 0.249 e. The van der Waals surface area contributed by atoms with E-state index in [-0.39, 0.29) is 12.0 Å². The number of amides is 1. The maximum Gasteiger partial charge on any atom is 0.249 e. The van der Waals surface area contributed by atoms with E-state index in [1.165, 1.54) is 19.3 Å². The Labute approximate surface area is 148 Å². The zero-order valence-electron chi connectivity index (χ0n) is 14.9. The van der Waals surface area contributed by atoms with Gasteiger partial charge in [0, 0.05) is 30.7 Å². The van der Waals surface area contributed by atoms with E-state index < -0.39 is 6.10 Å². The van der Waals surface area contributed by atoms with Crippen LogP contribution in [0.25, 0.3) is 5.82 Å². The predicted molar refractivity (Wildman–Crippen MR) is 95.4 cm³/mol. The van der Waals surface area contributed by atoms with Gasteiger partial charge >= 0.3 is 0 Å². The molecule has 0 bridgehead atoms. The minimum atomic E-state index is -0.432. The Morgan fingerprint density at radius 1 is 1.32 bits per heavy atom. The van der Waals surface area contributed by atoms with E-state index in [2.05, 4.69) is 15.3 Å². The maximum atomic E-state index is 12.4. The summed E-state index contributed by atoms with van der Waals surface area (Å²) in [6, 6.07) is 3.84. The molecule has 1 aliphatic rings. The van der Waals surface area contributed by atoms with E-state index in [0.29, 0.717) is 6.54 Å². The Balaban J connectivity index is 1.60. The van der Waals surface area contributed by atoms with Crippen LogP contribution in [0.4, 0.5) is 0 Å². The van der Waals surface area contributed by atoms with Gasteiger partial charge in [-0.05, 0) is 32.8 Å². The fraction of sp³-hybridized carbons (Fsp3) is 0.526. The van der Waals surface area contributed by atoms with Gasteiger partial charge in [-0.1, -0.05) is 25.3 Å². The third kappa shape index (κ3) is 4.45. The molecule has 1 aliphatic carbocycles. The Kier molecular flexibility index (Phi) is 5.81. The first-order valence-electron chi connectivity index (χ1n) is 9.02. The number of hydrogen-bond donors (Lipinski definition) is 1. The second-order valence-electron chi connectivity index (χ2n) is 6.59. The standard InChI is InChI=1S/C19H26N4O2/c1-14(25-17-8-4-3-5-9-17)19(24)22-13-16-7-6-10-21-18(16)23-12-11-20-15(23)2/h6-7,10-12,14,17H,3-5,8-9,13H2,1-2H3,(H,22,24). The molecule has 0 aliphatic heterocycles. The molecular formula is C19H26N4O2. The van der Waals surface area contributed by atoms with Crippen molar-refractivity contribution in [1.82, 2.24) is 19.9 Å². The Bertz CT molecular complexity index is 707. The third-order valence-corrected chi connectivity index (χ3v) is 4.69. The van der Waals surface area contributed by atoms with Crippen molar-refractivity contribution in [3.63, 3.8) is 0 Å². The van der Waals surface area contributed by atoms with Crippen LogP contribution < -0.4 is 5.32 Å². The van der Waals surface area contributed by atoms with Crippen LogP contribution in [0.5, 0.6) is 0 Å². The van der Waals surface area contributed by atoms with E-state index in [1.54, 1.807) is 12.4 Å². The molecule has 6 nitrogen and oxygen atoms in total. The van der Waals surface area contributed by atoms with E-state index in [1.807, 2.05) is 36.7 Å². The van der Waals surface area contributed by atoms with E-state index >= 15 is 0 Å². The number of rotatable bonds is 6. The van der Waals surface area contributed by atoms with Crippen LogP contribution in [-0.4, -0.2) is 32.7 Å². The Morgan fingerprint density at radius 2 is 2.12 bits per heavy atom. The van der Waals surface area contributed by atoms with Gasteiger partial charge in [-0.15, -0.1) is 0 Å². The molecule has 1 N–H and O–H groups in total. The lowest BCUT2D eigenvalue weighted by Gasteiger charge is -2.25. The van der Waals surface area contributed by atoms with Crippen molar-refractivity contribution in [3.8, 4) is 5.82 Å². The fourth-order valence-corrected chi connectivity index (χ4v) is 3.26. The minimum Gasteiger partial charge on any atom is -0.365 e. The first kappa shape index (κ1) is 17.6. The van der Waals surface area contributed by atoms with Gasteiger partial charge in [0.25, 0.3) is 0 Å². The molecule has 1 unspecified atom stereocenters. The van der Waals surface area contributed by atoms with Gasteiger partial charge in [-0.25, -0.2) is 9.97 Å². The highest BCUT2D eigenvalue weighted by Crippen LogP contribution is 2.21. The second kappa shape index (κ2) is 8.25.